The summed E-state index contributed by atoms with van der Waals surface area (Å²) in [6.07, 6.45) is 0.727. The zero-order valence-electron chi connectivity index (χ0n) is 22.7. The van der Waals surface area contributed by atoms with Crippen LogP contribution in [-0.4, -0.2) is 66.1 Å². The third kappa shape index (κ3) is 5.72. The van der Waals surface area contributed by atoms with Gasteiger partial charge in [0.05, 0.1) is 12.8 Å². The van der Waals surface area contributed by atoms with Crippen molar-refractivity contribution in [1.82, 2.24) is 15.0 Å². The molecule has 1 aromatic heterocycles. The average molecular weight is 523 g/mol. The molecule has 0 N–H and O–H groups in total. The molecule has 4 rings (SSSR count). The molecule has 9 heteroatoms. The fraction of sp³-hybridized carbons (Fsp3) is 0.414. The highest BCUT2D eigenvalue weighted by atomic mass is 19.1. The Kier molecular flexibility index (Phi) is 8.46. The van der Waals surface area contributed by atoms with E-state index in [0.29, 0.717) is 59.2 Å². The Bertz CT molecular complexity index is 1310. The molecule has 3 aromatic rings. The van der Waals surface area contributed by atoms with E-state index < -0.39 is 5.82 Å². The molecule has 0 radical (unpaired) electrons. The molecule has 202 valence electrons. The highest BCUT2D eigenvalue weighted by molar-refractivity contribution is 6.01. The van der Waals surface area contributed by atoms with Gasteiger partial charge in [-0.3, -0.25) is 14.5 Å². The number of carbonyl (C=O) groups is 2. The molecule has 0 saturated heterocycles. The standard InChI is InChI=1S/C29H35FN4O4/c1-19(2)32-13-8-14-34(21(4)35)25-17-23(30)12-11-22(25)18-33(16-15-32)29(36)27-20(3)38-31-28(27)24-9-6-7-10-26(24)37-5/h6-7,9-12,17,19H,8,13-16,18H2,1-5H3. The van der Waals surface area contributed by atoms with Crippen molar-refractivity contribution in [3.8, 4) is 17.0 Å². The SMILES string of the molecule is COc1ccccc1-c1noc(C)c1C(=O)N1CCN(C(C)C)CCCN(C(C)=O)c2cc(F)ccc2C1. The van der Waals surface area contributed by atoms with Crippen molar-refractivity contribution in [2.75, 3.05) is 38.2 Å². The molecule has 0 bridgehead atoms. The number of hydrogen-bond donors (Lipinski definition) is 0. The van der Waals surface area contributed by atoms with Crippen molar-refractivity contribution >= 4 is 17.5 Å². The molecule has 0 atom stereocenters. The van der Waals surface area contributed by atoms with E-state index in [1.807, 2.05) is 24.3 Å². The molecular formula is C29H35FN4O4. The highest BCUT2D eigenvalue weighted by Gasteiger charge is 2.30. The van der Waals surface area contributed by atoms with Crippen LogP contribution in [-0.2, 0) is 11.3 Å². The van der Waals surface area contributed by atoms with Crippen LogP contribution in [0.1, 0.15) is 48.9 Å². The monoisotopic (exact) mass is 522 g/mol. The van der Waals surface area contributed by atoms with Gasteiger partial charge < -0.3 is 19.1 Å². The minimum absolute atomic E-state index is 0.168. The third-order valence-corrected chi connectivity index (χ3v) is 7.02. The van der Waals surface area contributed by atoms with E-state index in [-0.39, 0.29) is 24.4 Å². The van der Waals surface area contributed by atoms with Gasteiger partial charge in [-0.25, -0.2) is 4.39 Å². The third-order valence-electron chi connectivity index (χ3n) is 7.02. The number of para-hydroxylation sites is 1. The van der Waals surface area contributed by atoms with Gasteiger partial charge in [0.25, 0.3) is 5.91 Å². The highest BCUT2D eigenvalue weighted by Crippen LogP contribution is 2.34. The fourth-order valence-electron chi connectivity index (χ4n) is 4.94. The van der Waals surface area contributed by atoms with Crippen LogP contribution < -0.4 is 9.64 Å². The first kappa shape index (κ1) is 27.3. The average Bonchev–Trinajstić information content (AvgIpc) is 3.26. The molecular weight excluding hydrogens is 487 g/mol. The minimum Gasteiger partial charge on any atom is -0.496 e. The lowest BCUT2D eigenvalue weighted by Crippen LogP contribution is -2.41. The van der Waals surface area contributed by atoms with Crippen molar-refractivity contribution in [2.45, 2.75) is 46.7 Å². The summed E-state index contributed by atoms with van der Waals surface area (Å²) >= 11 is 0. The molecule has 0 aliphatic carbocycles. The van der Waals surface area contributed by atoms with E-state index in [2.05, 4.69) is 23.9 Å². The number of fused-ring (bicyclic) bond motifs is 1. The number of amides is 2. The van der Waals surface area contributed by atoms with Crippen molar-refractivity contribution < 1.29 is 23.2 Å². The fourth-order valence-corrected chi connectivity index (χ4v) is 4.94. The van der Waals surface area contributed by atoms with E-state index in [0.717, 1.165) is 13.0 Å². The van der Waals surface area contributed by atoms with Crippen LogP contribution in [0.3, 0.4) is 0 Å². The zero-order chi connectivity index (χ0) is 27.4. The number of methoxy groups -OCH3 is 1. The predicted molar refractivity (Wildman–Crippen MR) is 144 cm³/mol. The summed E-state index contributed by atoms with van der Waals surface area (Å²) in [6.45, 7) is 9.91. The second-order valence-corrected chi connectivity index (χ2v) is 9.82. The summed E-state index contributed by atoms with van der Waals surface area (Å²) in [6, 6.07) is 12.0. The number of hydrogen-bond acceptors (Lipinski definition) is 6. The maximum absolute atomic E-state index is 14.4. The lowest BCUT2D eigenvalue weighted by atomic mass is 10.0. The van der Waals surface area contributed by atoms with Crippen LogP contribution in [0.5, 0.6) is 5.75 Å². The number of nitrogens with zero attached hydrogens (tertiary/aromatic N) is 4. The number of rotatable bonds is 4. The molecule has 1 aliphatic rings. The van der Waals surface area contributed by atoms with Gasteiger partial charge in [-0.05, 0) is 57.0 Å². The lowest BCUT2D eigenvalue weighted by Gasteiger charge is -2.30. The van der Waals surface area contributed by atoms with Gasteiger partial charge in [0.1, 0.15) is 28.6 Å². The number of carbonyl (C=O) groups excluding carboxylic acids is 2. The quantitative estimate of drug-likeness (QED) is 0.485. The van der Waals surface area contributed by atoms with Gasteiger partial charge in [-0.15, -0.1) is 0 Å². The second kappa shape index (κ2) is 11.8. The molecule has 0 unspecified atom stereocenters. The largest absolute Gasteiger partial charge is 0.496 e. The number of ether oxygens (including phenoxy) is 1. The summed E-state index contributed by atoms with van der Waals surface area (Å²) in [5.41, 5.74) is 2.60. The van der Waals surface area contributed by atoms with Crippen LogP contribution in [0.15, 0.2) is 47.0 Å². The number of halogens is 1. The van der Waals surface area contributed by atoms with Crippen LogP contribution in [0.2, 0.25) is 0 Å². The summed E-state index contributed by atoms with van der Waals surface area (Å²) in [4.78, 5) is 32.5. The topological polar surface area (TPSA) is 79.1 Å². The Morgan fingerprint density at radius 3 is 2.55 bits per heavy atom. The summed E-state index contributed by atoms with van der Waals surface area (Å²) < 4.78 is 25.4. The summed E-state index contributed by atoms with van der Waals surface area (Å²) in [5.74, 6) is 0.127. The van der Waals surface area contributed by atoms with E-state index in [9.17, 15) is 14.0 Å². The van der Waals surface area contributed by atoms with Gasteiger partial charge in [-0.1, -0.05) is 23.4 Å². The normalized spacial score (nSPS) is 15.2. The van der Waals surface area contributed by atoms with Crippen molar-refractivity contribution in [2.24, 2.45) is 0 Å². The van der Waals surface area contributed by atoms with Gasteiger partial charge >= 0.3 is 0 Å². The Morgan fingerprint density at radius 1 is 1.08 bits per heavy atom. The Labute approximate surface area is 222 Å². The molecule has 2 amide bonds. The first-order valence-corrected chi connectivity index (χ1v) is 12.9. The van der Waals surface area contributed by atoms with Gasteiger partial charge in [0.15, 0.2) is 0 Å². The number of aromatic nitrogens is 1. The van der Waals surface area contributed by atoms with Crippen molar-refractivity contribution in [3.05, 3.63) is 65.2 Å². The molecule has 8 nitrogen and oxygen atoms in total. The van der Waals surface area contributed by atoms with Crippen molar-refractivity contribution in [3.63, 3.8) is 0 Å². The number of anilines is 1. The van der Waals surface area contributed by atoms with Gasteiger partial charge in [0.2, 0.25) is 5.91 Å². The number of aryl methyl sites for hydroxylation is 1. The molecule has 2 heterocycles. The van der Waals surface area contributed by atoms with Gasteiger partial charge in [0, 0.05) is 51.3 Å². The van der Waals surface area contributed by atoms with Crippen LogP contribution in [0.25, 0.3) is 11.3 Å². The zero-order valence-corrected chi connectivity index (χ0v) is 22.7. The van der Waals surface area contributed by atoms with Crippen molar-refractivity contribution in [1.29, 1.82) is 0 Å². The Hall–Kier alpha value is -3.72. The van der Waals surface area contributed by atoms with E-state index in [1.165, 1.54) is 19.1 Å². The first-order chi connectivity index (χ1) is 18.2. The molecule has 0 saturated carbocycles. The molecule has 1 aliphatic heterocycles. The molecule has 2 aromatic carbocycles. The van der Waals surface area contributed by atoms with Crippen LogP contribution in [0, 0.1) is 12.7 Å². The molecule has 0 fully saturated rings. The summed E-state index contributed by atoms with van der Waals surface area (Å²) in [5, 5.41) is 4.22. The maximum atomic E-state index is 14.4. The minimum atomic E-state index is -0.431. The van der Waals surface area contributed by atoms with Gasteiger partial charge in [-0.2, -0.15) is 0 Å². The maximum Gasteiger partial charge on any atom is 0.260 e. The van der Waals surface area contributed by atoms with E-state index in [1.54, 1.807) is 29.9 Å². The Balaban J connectivity index is 1.80. The first-order valence-electron chi connectivity index (χ1n) is 12.9. The molecule has 0 spiro atoms. The lowest BCUT2D eigenvalue weighted by molar-refractivity contribution is -0.116. The second-order valence-electron chi connectivity index (χ2n) is 9.82. The molecule has 38 heavy (non-hydrogen) atoms. The predicted octanol–water partition coefficient (Wildman–Crippen LogP) is 4.91. The smallest absolute Gasteiger partial charge is 0.260 e. The van der Waals surface area contributed by atoms with Crippen LogP contribution in [0.4, 0.5) is 10.1 Å². The summed E-state index contributed by atoms with van der Waals surface area (Å²) in [7, 11) is 1.57. The van der Waals surface area contributed by atoms with E-state index >= 15 is 0 Å². The van der Waals surface area contributed by atoms with Crippen LogP contribution >= 0.6 is 0 Å². The number of benzene rings is 2. The Morgan fingerprint density at radius 2 is 1.84 bits per heavy atom. The van der Waals surface area contributed by atoms with E-state index in [4.69, 9.17) is 9.26 Å².